The number of methoxy groups -OCH3 is 1. The topological polar surface area (TPSA) is 29.5 Å². The van der Waals surface area contributed by atoms with Crippen molar-refractivity contribution in [2.75, 3.05) is 7.11 Å². The van der Waals surface area contributed by atoms with Crippen molar-refractivity contribution in [3.63, 3.8) is 0 Å². The maximum atomic E-state index is 12.1. The molecular weight excluding hydrogens is 306 g/mol. The third kappa shape index (κ3) is 3.58. The van der Waals surface area contributed by atoms with Crippen LogP contribution in [0.2, 0.25) is 0 Å². The van der Waals surface area contributed by atoms with Gasteiger partial charge in [-0.2, -0.15) is 0 Å². The minimum absolute atomic E-state index is 0.0132. The van der Waals surface area contributed by atoms with Gasteiger partial charge in [0.2, 0.25) is 0 Å². The average molecular weight is 323 g/mol. The molecule has 1 heterocycles. The number of rotatable bonds is 4. The number of β-lactam (4-membered cyclic amide) rings is 1. The molecule has 0 saturated carbocycles. The maximum absolute atomic E-state index is 12.1. The van der Waals surface area contributed by atoms with Crippen molar-refractivity contribution in [2.24, 2.45) is 0 Å². The fourth-order valence-electron chi connectivity index (χ4n) is 2.34. The first-order valence-electron chi connectivity index (χ1n) is 7.39. The van der Waals surface area contributed by atoms with Crippen LogP contribution in [0.25, 0.3) is 0 Å². The molecule has 0 aromatic heterocycles. The average Bonchev–Trinajstić information content (AvgIpc) is 2.60. The second-order valence-electron chi connectivity index (χ2n) is 5.16. The molecule has 0 N–H and O–H groups in total. The van der Waals surface area contributed by atoms with Crippen molar-refractivity contribution < 1.29 is 9.53 Å². The summed E-state index contributed by atoms with van der Waals surface area (Å²) in [4.78, 5) is 12.1. The molecule has 1 saturated heterocycles. The largest absolute Gasteiger partial charge is 0.368 e. The summed E-state index contributed by atoms with van der Waals surface area (Å²) in [5.41, 5.74) is 2.12. The Morgan fingerprint density at radius 2 is 1.74 bits per heavy atom. The Hall–Kier alpha value is -2.22. The summed E-state index contributed by atoms with van der Waals surface area (Å²) in [6.45, 7) is 0. The fourth-order valence-corrected chi connectivity index (χ4v) is 3.38. The third-order valence-electron chi connectivity index (χ3n) is 3.61. The lowest BCUT2D eigenvalue weighted by Gasteiger charge is -2.41. The maximum Gasteiger partial charge on any atom is 0.266 e. The minimum Gasteiger partial charge on any atom is -0.368 e. The molecule has 1 amide bonds. The van der Waals surface area contributed by atoms with Gasteiger partial charge in [-0.05, 0) is 29.6 Å². The molecule has 116 valence electrons. The summed E-state index contributed by atoms with van der Waals surface area (Å²) >= 11 is 1.49. The van der Waals surface area contributed by atoms with Crippen LogP contribution in [0.5, 0.6) is 0 Å². The van der Waals surface area contributed by atoms with E-state index in [9.17, 15) is 4.79 Å². The zero-order chi connectivity index (χ0) is 16.1. The van der Waals surface area contributed by atoms with Gasteiger partial charge in [0.05, 0.1) is 0 Å². The number of amides is 1. The number of carbonyl (C=O) groups excluding carboxylic acids is 1. The van der Waals surface area contributed by atoms with E-state index in [1.807, 2.05) is 48.5 Å². The molecule has 23 heavy (non-hydrogen) atoms. The molecule has 0 bridgehead atoms. The zero-order valence-electron chi connectivity index (χ0n) is 12.8. The van der Waals surface area contributed by atoms with E-state index in [1.165, 1.54) is 17.5 Å². The van der Waals surface area contributed by atoms with Crippen LogP contribution < -0.4 is 0 Å². The normalized spacial score (nSPS) is 19.7. The van der Waals surface area contributed by atoms with Crippen LogP contribution in [0, 0.1) is 11.8 Å². The Morgan fingerprint density at radius 3 is 2.39 bits per heavy atom. The highest BCUT2D eigenvalue weighted by atomic mass is 32.2. The summed E-state index contributed by atoms with van der Waals surface area (Å²) in [7, 11) is 1.55. The summed E-state index contributed by atoms with van der Waals surface area (Å²) < 4.78 is 6.99. The van der Waals surface area contributed by atoms with Crippen LogP contribution in [0.15, 0.2) is 60.7 Å². The van der Waals surface area contributed by atoms with E-state index in [2.05, 4.69) is 24.0 Å². The van der Waals surface area contributed by atoms with Gasteiger partial charge in [-0.15, -0.1) is 0 Å². The first kappa shape index (κ1) is 15.7. The Bertz CT molecular complexity index is 721. The lowest BCUT2D eigenvalue weighted by Crippen LogP contribution is -2.61. The summed E-state index contributed by atoms with van der Waals surface area (Å²) in [5, 5.41) is 0. The smallest absolute Gasteiger partial charge is 0.266 e. The summed E-state index contributed by atoms with van der Waals surface area (Å²) in [5.74, 6) is 7.01. The number of ether oxygens (including phenoxy) is 1. The Kier molecular flexibility index (Phi) is 5.02. The van der Waals surface area contributed by atoms with Crippen molar-refractivity contribution in [1.82, 2.24) is 4.31 Å². The quantitative estimate of drug-likeness (QED) is 0.492. The molecule has 0 radical (unpaired) electrons. The van der Waals surface area contributed by atoms with Crippen molar-refractivity contribution in [1.29, 1.82) is 0 Å². The van der Waals surface area contributed by atoms with Gasteiger partial charge in [-0.3, -0.25) is 9.10 Å². The first-order valence-corrected chi connectivity index (χ1v) is 8.33. The van der Waals surface area contributed by atoms with Gasteiger partial charge in [-0.1, -0.05) is 60.4 Å². The van der Waals surface area contributed by atoms with Crippen LogP contribution in [0.3, 0.4) is 0 Å². The van der Waals surface area contributed by atoms with Crippen molar-refractivity contribution in [2.45, 2.75) is 17.9 Å². The second-order valence-corrected chi connectivity index (χ2v) is 6.10. The number of nitrogens with zero attached hydrogens (tertiary/aromatic N) is 1. The van der Waals surface area contributed by atoms with Gasteiger partial charge < -0.3 is 4.74 Å². The standard InChI is InChI=1S/C19H17NO2S/c1-22-18-17(13-12-15-8-4-2-5-9-15)20(19(18)21)23-14-16-10-6-3-7-11-16/h2-11,17-18H,14H2,1H3/t17-,18+/m0/s1. The van der Waals surface area contributed by atoms with Crippen LogP contribution in [0.4, 0.5) is 0 Å². The molecule has 4 heteroatoms. The summed E-state index contributed by atoms with van der Waals surface area (Å²) in [6, 6.07) is 19.6. The lowest BCUT2D eigenvalue weighted by molar-refractivity contribution is -0.153. The van der Waals surface area contributed by atoms with E-state index in [0.29, 0.717) is 0 Å². The molecule has 1 fully saturated rings. The SMILES string of the molecule is CO[C@H]1C(=O)N(SCc2ccccc2)[C@H]1C#Cc1ccccc1. The Balaban J connectivity index is 1.69. The second kappa shape index (κ2) is 7.36. The molecule has 1 aliphatic rings. The number of benzene rings is 2. The number of hydrogen-bond donors (Lipinski definition) is 0. The lowest BCUT2D eigenvalue weighted by atomic mass is 10.0. The molecule has 1 aliphatic heterocycles. The molecule has 2 aromatic carbocycles. The summed E-state index contributed by atoms with van der Waals surface area (Å²) in [6.07, 6.45) is -0.463. The van der Waals surface area contributed by atoms with Crippen LogP contribution in [-0.2, 0) is 15.3 Å². The van der Waals surface area contributed by atoms with Crippen molar-refractivity contribution in [3.05, 3.63) is 71.8 Å². The van der Waals surface area contributed by atoms with Crippen molar-refractivity contribution in [3.8, 4) is 11.8 Å². The van der Waals surface area contributed by atoms with Gasteiger partial charge in [0.1, 0.15) is 6.04 Å². The van der Waals surface area contributed by atoms with Crippen molar-refractivity contribution >= 4 is 17.9 Å². The van der Waals surface area contributed by atoms with E-state index in [-0.39, 0.29) is 11.9 Å². The van der Waals surface area contributed by atoms with E-state index in [4.69, 9.17) is 4.74 Å². The zero-order valence-corrected chi connectivity index (χ0v) is 13.6. The van der Waals surface area contributed by atoms with E-state index >= 15 is 0 Å². The van der Waals surface area contributed by atoms with E-state index in [0.717, 1.165) is 11.3 Å². The number of hydrogen-bond acceptors (Lipinski definition) is 3. The molecule has 2 aromatic rings. The highest BCUT2D eigenvalue weighted by molar-refractivity contribution is 7.96. The first-order chi connectivity index (χ1) is 11.3. The minimum atomic E-state index is -0.463. The monoisotopic (exact) mass is 323 g/mol. The Labute approximate surface area is 140 Å². The molecule has 0 spiro atoms. The molecule has 3 rings (SSSR count). The van der Waals surface area contributed by atoms with Crippen LogP contribution in [-0.4, -0.2) is 29.5 Å². The van der Waals surface area contributed by atoms with Gasteiger partial charge in [-0.25, -0.2) is 0 Å². The predicted octanol–water partition coefficient (Wildman–Crippen LogP) is 3.11. The van der Waals surface area contributed by atoms with E-state index in [1.54, 1.807) is 11.4 Å². The van der Waals surface area contributed by atoms with Gasteiger partial charge >= 0.3 is 0 Å². The van der Waals surface area contributed by atoms with Gasteiger partial charge in [0.15, 0.2) is 6.10 Å². The molecule has 0 unspecified atom stereocenters. The van der Waals surface area contributed by atoms with Crippen LogP contribution in [0.1, 0.15) is 11.1 Å². The molecule has 3 nitrogen and oxygen atoms in total. The van der Waals surface area contributed by atoms with Gasteiger partial charge in [0, 0.05) is 18.4 Å². The van der Waals surface area contributed by atoms with E-state index < -0.39 is 6.10 Å². The fraction of sp³-hybridized carbons (Fsp3) is 0.211. The molecular formula is C19H17NO2S. The third-order valence-corrected chi connectivity index (χ3v) is 4.75. The highest BCUT2D eigenvalue weighted by Crippen LogP contribution is 2.32. The van der Waals surface area contributed by atoms with Gasteiger partial charge in [0.25, 0.3) is 5.91 Å². The Morgan fingerprint density at radius 1 is 1.09 bits per heavy atom. The molecule has 2 atom stereocenters. The van der Waals surface area contributed by atoms with Crippen LogP contribution >= 0.6 is 11.9 Å². The predicted molar refractivity (Wildman–Crippen MR) is 92.5 cm³/mol. The molecule has 0 aliphatic carbocycles. The highest BCUT2D eigenvalue weighted by Gasteiger charge is 2.47. The number of carbonyl (C=O) groups is 1.